The van der Waals surface area contributed by atoms with Crippen LogP contribution in [0.3, 0.4) is 0 Å². The average Bonchev–Trinajstić information content (AvgIpc) is 3.29. The second-order valence-corrected chi connectivity index (χ2v) is 7.84. The molecule has 4 aromatic rings. The summed E-state index contributed by atoms with van der Waals surface area (Å²) in [6, 6.07) is 14.5. The smallest absolute Gasteiger partial charge is 0.270 e. The number of nitrogens with two attached hydrogens (primary N) is 1. The van der Waals surface area contributed by atoms with Gasteiger partial charge in [-0.25, -0.2) is 9.97 Å². The molecule has 0 saturated carbocycles. The Morgan fingerprint density at radius 2 is 1.73 bits per heavy atom. The molecular formula is C24H24N6O3. The molecule has 33 heavy (non-hydrogen) atoms. The third kappa shape index (κ3) is 4.67. The molecule has 0 aliphatic rings. The van der Waals surface area contributed by atoms with Crippen molar-refractivity contribution in [3.8, 4) is 40.0 Å². The van der Waals surface area contributed by atoms with Crippen molar-refractivity contribution in [3.63, 3.8) is 0 Å². The molecule has 2 aromatic heterocycles. The lowest BCUT2D eigenvalue weighted by Gasteiger charge is -2.11. The number of amides is 1. The monoisotopic (exact) mass is 444 g/mol. The predicted molar refractivity (Wildman–Crippen MR) is 124 cm³/mol. The van der Waals surface area contributed by atoms with Crippen LogP contribution in [0.25, 0.3) is 34.3 Å². The van der Waals surface area contributed by atoms with Gasteiger partial charge in [-0.05, 0) is 38.1 Å². The van der Waals surface area contributed by atoms with Crippen LogP contribution in [0.1, 0.15) is 24.2 Å². The second kappa shape index (κ2) is 9.07. The molecule has 9 nitrogen and oxygen atoms in total. The molecule has 0 spiro atoms. The van der Waals surface area contributed by atoms with Gasteiger partial charge in [0.15, 0.2) is 11.5 Å². The van der Waals surface area contributed by atoms with Gasteiger partial charge in [0.05, 0.1) is 23.6 Å². The molecule has 4 rings (SSSR count). The molecule has 0 radical (unpaired) electrons. The van der Waals surface area contributed by atoms with Gasteiger partial charge in [-0.2, -0.15) is 0 Å². The SMILES string of the molecule is CC(C)Oc1ccccc1-c1nnc(-c2nc(-c3ccc(C(=O)N(C)C)cc3)cnc2N)o1. The number of ether oxygens (including phenoxy) is 1. The molecule has 0 fully saturated rings. The molecule has 0 atom stereocenters. The molecule has 0 saturated heterocycles. The zero-order chi connectivity index (χ0) is 23.5. The quantitative estimate of drug-likeness (QED) is 0.475. The van der Waals surface area contributed by atoms with E-state index in [2.05, 4.69) is 20.2 Å². The van der Waals surface area contributed by atoms with E-state index in [-0.39, 0.29) is 29.4 Å². The summed E-state index contributed by atoms with van der Waals surface area (Å²) in [5, 5.41) is 8.29. The average molecular weight is 444 g/mol. The van der Waals surface area contributed by atoms with E-state index >= 15 is 0 Å². The van der Waals surface area contributed by atoms with Gasteiger partial charge < -0.3 is 19.8 Å². The standard InChI is InChI=1S/C24H24N6O3/c1-14(2)32-19-8-6-5-7-17(19)22-28-29-23(33-22)20-21(25)26-13-18(27-20)15-9-11-16(12-10-15)24(31)30(3)4/h5-14H,1-4H3,(H2,25,26). The zero-order valence-electron chi connectivity index (χ0n) is 18.8. The van der Waals surface area contributed by atoms with Crippen LogP contribution in [0.2, 0.25) is 0 Å². The maximum atomic E-state index is 12.1. The number of hydrogen-bond acceptors (Lipinski definition) is 8. The Morgan fingerprint density at radius 1 is 1.03 bits per heavy atom. The Morgan fingerprint density at radius 3 is 2.42 bits per heavy atom. The van der Waals surface area contributed by atoms with Crippen LogP contribution in [0.5, 0.6) is 5.75 Å². The zero-order valence-corrected chi connectivity index (χ0v) is 18.8. The molecule has 168 valence electrons. The Labute approximate surface area is 191 Å². The molecular weight excluding hydrogens is 420 g/mol. The fourth-order valence-corrected chi connectivity index (χ4v) is 3.16. The van der Waals surface area contributed by atoms with Crippen molar-refractivity contribution >= 4 is 11.7 Å². The highest BCUT2D eigenvalue weighted by Gasteiger charge is 2.19. The summed E-state index contributed by atoms with van der Waals surface area (Å²) in [5.74, 6) is 1.17. The summed E-state index contributed by atoms with van der Waals surface area (Å²) < 4.78 is 11.7. The molecule has 9 heteroatoms. The van der Waals surface area contributed by atoms with Crippen LogP contribution in [0.4, 0.5) is 5.82 Å². The minimum Gasteiger partial charge on any atom is -0.490 e. The van der Waals surface area contributed by atoms with E-state index in [1.165, 1.54) is 4.90 Å². The molecule has 0 aliphatic heterocycles. The van der Waals surface area contributed by atoms with Crippen LogP contribution >= 0.6 is 0 Å². The third-order valence-electron chi connectivity index (χ3n) is 4.74. The van der Waals surface area contributed by atoms with E-state index in [1.807, 2.05) is 38.1 Å². The Kier molecular flexibility index (Phi) is 6.03. The Hall–Kier alpha value is -4.27. The number of hydrogen-bond donors (Lipinski definition) is 1. The number of aromatic nitrogens is 4. The van der Waals surface area contributed by atoms with Crippen molar-refractivity contribution in [1.82, 2.24) is 25.1 Å². The fourth-order valence-electron chi connectivity index (χ4n) is 3.16. The first-order chi connectivity index (χ1) is 15.8. The summed E-state index contributed by atoms with van der Waals surface area (Å²) in [6.07, 6.45) is 1.55. The lowest BCUT2D eigenvalue weighted by Crippen LogP contribution is -2.21. The predicted octanol–water partition coefficient (Wildman–Crippen LogP) is 3.93. The lowest BCUT2D eigenvalue weighted by atomic mass is 10.1. The third-order valence-corrected chi connectivity index (χ3v) is 4.74. The van der Waals surface area contributed by atoms with E-state index in [0.29, 0.717) is 28.5 Å². The van der Waals surface area contributed by atoms with Gasteiger partial charge in [-0.3, -0.25) is 4.79 Å². The van der Waals surface area contributed by atoms with Crippen molar-refractivity contribution < 1.29 is 13.9 Å². The summed E-state index contributed by atoms with van der Waals surface area (Å²) in [7, 11) is 3.42. The summed E-state index contributed by atoms with van der Waals surface area (Å²) >= 11 is 0. The maximum absolute atomic E-state index is 12.1. The maximum Gasteiger partial charge on any atom is 0.270 e. The van der Waals surface area contributed by atoms with Crippen molar-refractivity contribution in [2.24, 2.45) is 0 Å². The normalized spacial score (nSPS) is 10.9. The van der Waals surface area contributed by atoms with Crippen LogP contribution in [0.15, 0.2) is 59.1 Å². The summed E-state index contributed by atoms with van der Waals surface area (Å²) in [5.41, 5.74) is 8.93. The second-order valence-electron chi connectivity index (χ2n) is 7.84. The van der Waals surface area contributed by atoms with Gasteiger partial charge in [0.25, 0.3) is 17.7 Å². The number of carbonyl (C=O) groups is 1. The van der Waals surface area contributed by atoms with Crippen LogP contribution in [-0.2, 0) is 0 Å². The molecule has 1 amide bonds. The van der Waals surface area contributed by atoms with Gasteiger partial charge in [-0.15, -0.1) is 10.2 Å². The number of nitrogen functional groups attached to an aromatic ring is 1. The van der Waals surface area contributed by atoms with Gasteiger partial charge in [0, 0.05) is 25.2 Å². The van der Waals surface area contributed by atoms with E-state index in [9.17, 15) is 4.79 Å². The molecule has 0 unspecified atom stereocenters. The Balaban J connectivity index is 1.66. The minimum atomic E-state index is -0.0780. The van der Waals surface area contributed by atoms with Crippen molar-refractivity contribution in [2.45, 2.75) is 20.0 Å². The first-order valence-electron chi connectivity index (χ1n) is 10.4. The van der Waals surface area contributed by atoms with Crippen LogP contribution in [0, 0.1) is 0 Å². The molecule has 2 aromatic carbocycles. The molecule has 0 aliphatic carbocycles. The van der Waals surface area contributed by atoms with Gasteiger partial charge >= 0.3 is 0 Å². The van der Waals surface area contributed by atoms with Gasteiger partial charge in [0.1, 0.15) is 5.75 Å². The van der Waals surface area contributed by atoms with Gasteiger partial charge in [0.2, 0.25) is 0 Å². The topological polar surface area (TPSA) is 120 Å². The van der Waals surface area contributed by atoms with Crippen molar-refractivity contribution in [1.29, 1.82) is 0 Å². The Bertz CT molecular complexity index is 1280. The molecule has 2 heterocycles. The highest BCUT2D eigenvalue weighted by Crippen LogP contribution is 2.32. The fraction of sp³-hybridized carbons (Fsp3) is 0.208. The van der Waals surface area contributed by atoms with E-state index in [4.69, 9.17) is 14.9 Å². The first-order valence-corrected chi connectivity index (χ1v) is 10.4. The number of anilines is 1. The van der Waals surface area contributed by atoms with E-state index < -0.39 is 0 Å². The van der Waals surface area contributed by atoms with Gasteiger partial charge in [-0.1, -0.05) is 24.3 Å². The largest absolute Gasteiger partial charge is 0.490 e. The number of para-hydroxylation sites is 1. The van der Waals surface area contributed by atoms with Crippen LogP contribution < -0.4 is 10.5 Å². The lowest BCUT2D eigenvalue weighted by molar-refractivity contribution is 0.0827. The van der Waals surface area contributed by atoms with E-state index in [1.54, 1.807) is 44.6 Å². The first kappa shape index (κ1) is 21.9. The highest BCUT2D eigenvalue weighted by atomic mass is 16.5. The summed E-state index contributed by atoms with van der Waals surface area (Å²) in [6.45, 7) is 3.89. The number of rotatable bonds is 6. The number of carbonyl (C=O) groups excluding carboxylic acids is 1. The van der Waals surface area contributed by atoms with Crippen molar-refractivity contribution in [3.05, 3.63) is 60.3 Å². The molecule has 0 bridgehead atoms. The highest BCUT2D eigenvalue weighted by molar-refractivity contribution is 5.94. The minimum absolute atomic E-state index is 0.00820. The van der Waals surface area contributed by atoms with Crippen molar-refractivity contribution in [2.75, 3.05) is 19.8 Å². The molecule has 2 N–H and O–H groups in total. The number of benzene rings is 2. The number of nitrogens with zero attached hydrogens (tertiary/aromatic N) is 5. The van der Waals surface area contributed by atoms with E-state index in [0.717, 1.165) is 5.56 Å². The van der Waals surface area contributed by atoms with Crippen LogP contribution in [-0.4, -0.2) is 51.2 Å². The summed E-state index contributed by atoms with van der Waals surface area (Å²) in [4.78, 5) is 22.5.